The van der Waals surface area contributed by atoms with Crippen molar-refractivity contribution in [3.8, 4) is 0 Å². The van der Waals surface area contributed by atoms with Crippen LogP contribution in [0.25, 0.3) is 0 Å². The Kier molecular flexibility index (Phi) is 4.89. The van der Waals surface area contributed by atoms with E-state index in [1.807, 2.05) is 0 Å². The minimum absolute atomic E-state index is 0.201. The van der Waals surface area contributed by atoms with E-state index in [0.29, 0.717) is 12.5 Å². The SMILES string of the molecule is O=C(NCCCOCC1CC1)C(F)(F)C(F)(F)F. The molecule has 1 saturated carbocycles. The Morgan fingerprint density at radius 1 is 1.22 bits per heavy atom. The lowest BCUT2D eigenvalue weighted by atomic mass is 10.3. The summed E-state index contributed by atoms with van der Waals surface area (Å²) >= 11 is 0. The molecule has 0 aromatic rings. The minimum atomic E-state index is -5.86. The van der Waals surface area contributed by atoms with Gasteiger partial charge in [0.1, 0.15) is 0 Å². The number of nitrogens with one attached hydrogen (secondary N) is 1. The van der Waals surface area contributed by atoms with Gasteiger partial charge in [-0.15, -0.1) is 0 Å². The summed E-state index contributed by atoms with van der Waals surface area (Å²) in [6.45, 7) is 0.538. The van der Waals surface area contributed by atoms with Crippen molar-refractivity contribution >= 4 is 5.91 Å². The van der Waals surface area contributed by atoms with Crippen LogP contribution in [-0.2, 0) is 9.53 Å². The highest BCUT2D eigenvalue weighted by atomic mass is 19.4. The molecule has 1 N–H and O–H groups in total. The third-order valence-electron chi connectivity index (χ3n) is 2.44. The fraction of sp³-hybridized carbons (Fsp3) is 0.900. The van der Waals surface area contributed by atoms with Gasteiger partial charge in [0.2, 0.25) is 0 Å². The maximum atomic E-state index is 12.4. The molecule has 0 unspecified atom stereocenters. The average Bonchev–Trinajstić information content (AvgIpc) is 3.04. The summed E-state index contributed by atoms with van der Waals surface area (Å²) in [5.41, 5.74) is 0. The molecule has 0 radical (unpaired) electrons. The summed E-state index contributed by atoms with van der Waals surface area (Å²) < 4.78 is 65.3. The van der Waals surface area contributed by atoms with Crippen LogP contribution in [-0.4, -0.2) is 37.8 Å². The highest BCUT2D eigenvalue weighted by Gasteiger charge is 2.63. The van der Waals surface area contributed by atoms with Crippen molar-refractivity contribution in [1.82, 2.24) is 5.32 Å². The van der Waals surface area contributed by atoms with E-state index in [1.165, 1.54) is 0 Å². The van der Waals surface area contributed by atoms with Crippen molar-refractivity contribution in [2.75, 3.05) is 19.8 Å². The number of amides is 1. The van der Waals surface area contributed by atoms with E-state index in [9.17, 15) is 26.7 Å². The normalized spacial score (nSPS) is 16.7. The number of hydrogen-bond acceptors (Lipinski definition) is 2. The maximum Gasteiger partial charge on any atom is 0.463 e. The molecule has 0 heterocycles. The molecule has 3 nitrogen and oxygen atoms in total. The largest absolute Gasteiger partial charge is 0.463 e. The standard InChI is InChI=1S/C10H14F5NO2/c11-9(12,10(13,14)15)8(17)16-4-1-5-18-6-7-2-3-7/h7H,1-6H2,(H,16,17). The molecule has 0 bridgehead atoms. The Morgan fingerprint density at radius 3 is 2.33 bits per heavy atom. The maximum absolute atomic E-state index is 12.4. The topological polar surface area (TPSA) is 38.3 Å². The molecule has 1 fully saturated rings. The van der Waals surface area contributed by atoms with Crippen LogP contribution in [0.15, 0.2) is 0 Å². The first-order valence-electron chi connectivity index (χ1n) is 5.55. The third kappa shape index (κ3) is 4.40. The summed E-state index contributed by atoms with van der Waals surface area (Å²) in [7, 11) is 0. The fourth-order valence-corrected chi connectivity index (χ4v) is 1.15. The molecule has 0 aromatic carbocycles. The molecule has 0 saturated heterocycles. The third-order valence-corrected chi connectivity index (χ3v) is 2.44. The first kappa shape index (κ1) is 15.1. The number of rotatable bonds is 7. The molecule has 0 aromatic heterocycles. The molecule has 1 rings (SSSR count). The molecule has 0 spiro atoms. The van der Waals surface area contributed by atoms with Crippen molar-refractivity contribution in [2.24, 2.45) is 5.92 Å². The first-order valence-corrected chi connectivity index (χ1v) is 5.55. The zero-order valence-corrected chi connectivity index (χ0v) is 9.53. The van der Waals surface area contributed by atoms with Crippen LogP contribution < -0.4 is 5.32 Å². The lowest BCUT2D eigenvalue weighted by molar-refractivity contribution is -0.269. The van der Waals surface area contributed by atoms with Gasteiger partial charge >= 0.3 is 12.1 Å². The summed E-state index contributed by atoms with van der Waals surface area (Å²) in [4.78, 5) is 10.6. The van der Waals surface area contributed by atoms with Gasteiger partial charge in [-0.3, -0.25) is 4.79 Å². The molecule has 18 heavy (non-hydrogen) atoms. The Morgan fingerprint density at radius 2 is 1.83 bits per heavy atom. The summed E-state index contributed by atoms with van der Waals surface area (Å²) in [5.74, 6) is -7.12. The summed E-state index contributed by atoms with van der Waals surface area (Å²) in [5, 5.41) is 1.54. The van der Waals surface area contributed by atoms with E-state index < -0.39 is 18.0 Å². The summed E-state index contributed by atoms with van der Waals surface area (Å²) in [6.07, 6.45) is -3.45. The van der Waals surface area contributed by atoms with Gasteiger partial charge in [0.15, 0.2) is 0 Å². The van der Waals surface area contributed by atoms with Crippen LogP contribution in [0.3, 0.4) is 0 Å². The van der Waals surface area contributed by atoms with Crippen LogP contribution in [0.1, 0.15) is 19.3 Å². The van der Waals surface area contributed by atoms with Gasteiger partial charge < -0.3 is 10.1 Å². The fourth-order valence-electron chi connectivity index (χ4n) is 1.15. The second-order valence-electron chi connectivity index (χ2n) is 4.20. The zero-order chi connectivity index (χ0) is 13.8. The first-order chi connectivity index (χ1) is 8.25. The van der Waals surface area contributed by atoms with Gasteiger partial charge in [-0.05, 0) is 25.2 Å². The molecular formula is C10H14F5NO2. The number of alkyl halides is 5. The highest BCUT2D eigenvalue weighted by Crippen LogP contribution is 2.35. The highest BCUT2D eigenvalue weighted by molar-refractivity contribution is 5.84. The van der Waals surface area contributed by atoms with Crippen molar-refractivity contribution in [1.29, 1.82) is 0 Å². The molecule has 1 aliphatic rings. The number of halogens is 5. The number of hydrogen-bond donors (Lipinski definition) is 1. The van der Waals surface area contributed by atoms with Crippen molar-refractivity contribution in [3.63, 3.8) is 0 Å². The van der Waals surface area contributed by atoms with Crippen LogP contribution in [0.2, 0.25) is 0 Å². The van der Waals surface area contributed by atoms with Crippen LogP contribution >= 0.6 is 0 Å². The zero-order valence-electron chi connectivity index (χ0n) is 9.53. The van der Waals surface area contributed by atoms with Crippen LogP contribution in [0, 0.1) is 5.92 Å². The predicted octanol–water partition coefficient (Wildman–Crippen LogP) is 2.12. The average molecular weight is 275 g/mol. The van der Waals surface area contributed by atoms with Crippen molar-refractivity contribution in [2.45, 2.75) is 31.4 Å². The Hall–Kier alpha value is -0.920. The van der Waals surface area contributed by atoms with E-state index in [2.05, 4.69) is 0 Å². The van der Waals surface area contributed by atoms with E-state index in [4.69, 9.17) is 4.74 Å². The van der Waals surface area contributed by atoms with Crippen LogP contribution in [0.4, 0.5) is 22.0 Å². The second kappa shape index (κ2) is 5.81. The molecule has 8 heteroatoms. The quantitative estimate of drug-likeness (QED) is 0.571. The van der Waals surface area contributed by atoms with E-state index in [0.717, 1.165) is 12.8 Å². The lowest BCUT2D eigenvalue weighted by Gasteiger charge is -2.18. The van der Waals surface area contributed by atoms with Gasteiger partial charge in [-0.1, -0.05) is 0 Å². The van der Waals surface area contributed by atoms with Crippen LogP contribution in [0.5, 0.6) is 0 Å². The lowest BCUT2D eigenvalue weighted by Crippen LogP contribution is -2.50. The smallest absolute Gasteiger partial charge is 0.381 e. The van der Waals surface area contributed by atoms with Crippen molar-refractivity contribution < 1.29 is 31.5 Å². The molecule has 1 aliphatic carbocycles. The Balaban J connectivity index is 2.11. The number of carbonyl (C=O) groups excluding carboxylic acids is 1. The Bertz CT molecular complexity index is 288. The predicted molar refractivity (Wildman–Crippen MR) is 52.2 cm³/mol. The second-order valence-corrected chi connectivity index (χ2v) is 4.20. The van der Waals surface area contributed by atoms with E-state index in [1.54, 1.807) is 5.32 Å². The van der Waals surface area contributed by atoms with E-state index >= 15 is 0 Å². The monoisotopic (exact) mass is 275 g/mol. The van der Waals surface area contributed by atoms with Crippen molar-refractivity contribution in [3.05, 3.63) is 0 Å². The van der Waals surface area contributed by atoms with E-state index in [-0.39, 0.29) is 19.6 Å². The molecular weight excluding hydrogens is 261 g/mol. The number of ether oxygens (including phenoxy) is 1. The van der Waals surface area contributed by atoms with Gasteiger partial charge in [0.25, 0.3) is 5.91 Å². The molecule has 106 valence electrons. The van der Waals surface area contributed by atoms with Gasteiger partial charge in [-0.25, -0.2) is 0 Å². The molecule has 0 aliphatic heterocycles. The van der Waals surface area contributed by atoms with Gasteiger partial charge in [0, 0.05) is 19.8 Å². The summed E-state index contributed by atoms with van der Waals surface area (Å²) in [6, 6.07) is 0. The molecule has 1 amide bonds. The Labute approximate surface area is 101 Å². The number of carbonyl (C=O) groups is 1. The van der Waals surface area contributed by atoms with Gasteiger partial charge in [-0.2, -0.15) is 22.0 Å². The minimum Gasteiger partial charge on any atom is -0.381 e. The van der Waals surface area contributed by atoms with Gasteiger partial charge in [0.05, 0.1) is 0 Å². The molecule has 0 atom stereocenters.